The number of carbonyl (C=O) groups is 2. The van der Waals surface area contributed by atoms with Crippen LogP contribution in [0.4, 0.5) is 5.69 Å². The van der Waals surface area contributed by atoms with Crippen LogP contribution >= 0.6 is 11.8 Å². The number of thioether (sulfide) groups is 1. The second-order valence-corrected chi connectivity index (χ2v) is 6.09. The van der Waals surface area contributed by atoms with Gasteiger partial charge in [0.05, 0.1) is 7.11 Å². The predicted molar refractivity (Wildman–Crippen MR) is 97.9 cm³/mol. The van der Waals surface area contributed by atoms with Crippen molar-refractivity contribution in [2.45, 2.75) is 6.04 Å². The Morgan fingerprint density at radius 2 is 1.92 bits per heavy atom. The van der Waals surface area contributed by atoms with E-state index in [1.54, 1.807) is 18.2 Å². The number of hydrogen-bond donors (Lipinski definition) is 2. The van der Waals surface area contributed by atoms with Gasteiger partial charge in [-0.25, -0.2) is 4.79 Å². The van der Waals surface area contributed by atoms with E-state index in [0.717, 1.165) is 11.1 Å². The number of benzene rings is 2. The highest BCUT2D eigenvalue weighted by atomic mass is 32.2. The van der Waals surface area contributed by atoms with E-state index >= 15 is 0 Å². The van der Waals surface area contributed by atoms with Crippen LogP contribution in [0.3, 0.4) is 0 Å². The van der Waals surface area contributed by atoms with Gasteiger partial charge in [0.2, 0.25) is 0 Å². The van der Waals surface area contributed by atoms with E-state index in [2.05, 4.69) is 5.32 Å². The number of nitrogen functional groups attached to an aromatic ring is 1. The average Bonchev–Trinajstić information content (AvgIpc) is 2.61. The minimum Gasteiger partial charge on any atom is -0.467 e. The van der Waals surface area contributed by atoms with Crippen molar-refractivity contribution < 1.29 is 14.3 Å². The van der Waals surface area contributed by atoms with Crippen LogP contribution in [0.15, 0.2) is 48.5 Å². The third-order valence-electron chi connectivity index (χ3n) is 3.50. The quantitative estimate of drug-likeness (QED) is 0.622. The summed E-state index contributed by atoms with van der Waals surface area (Å²) in [5.41, 5.74) is 8.51. The molecule has 0 aromatic heterocycles. The minimum atomic E-state index is -0.696. The number of rotatable bonds is 6. The normalized spacial score (nSPS) is 11.6. The van der Waals surface area contributed by atoms with Crippen LogP contribution in [0.5, 0.6) is 0 Å². The van der Waals surface area contributed by atoms with Crippen molar-refractivity contribution in [1.29, 1.82) is 0 Å². The molecule has 2 aromatic rings. The number of anilines is 1. The standard InChI is InChI=1S/C18H20N2O3S/c1-23-18(22)16(11-24-2)20-17(21)14-9-8-13(19)10-15(14)12-6-4-3-5-7-12/h3-10,16H,11,19H2,1-2H3,(H,20,21)/t16-/m1/s1. The highest BCUT2D eigenvalue weighted by Crippen LogP contribution is 2.26. The van der Waals surface area contributed by atoms with Crippen LogP contribution < -0.4 is 11.1 Å². The highest BCUT2D eigenvalue weighted by Gasteiger charge is 2.23. The van der Waals surface area contributed by atoms with E-state index in [1.807, 2.05) is 36.6 Å². The zero-order valence-corrected chi connectivity index (χ0v) is 14.4. The summed E-state index contributed by atoms with van der Waals surface area (Å²) < 4.78 is 4.75. The molecule has 0 saturated carbocycles. The van der Waals surface area contributed by atoms with E-state index in [4.69, 9.17) is 10.5 Å². The van der Waals surface area contributed by atoms with Crippen molar-refractivity contribution in [2.24, 2.45) is 0 Å². The average molecular weight is 344 g/mol. The molecule has 2 rings (SSSR count). The van der Waals surface area contributed by atoms with Crippen LogP contribution in [0.1, 0.15) is 10.4 Å². The Bertz CT molecular complexity index is 719. The molecule has 0 bridgehead atoms. The molecule has 0 saturated heterocycles. The first-order chi connectivity index (χ1) is 11.6. The largest absolute Gasteiger partial charge is 0.467 e. The van der Waals surface area contributed by atoms with E-state index in [-0.39, 0.29) is 5.91 Å². The molecule has 24 heavy (non-hydrogen) atoms. The predicted octanol–water partition coefficient (Wildman–Crippen LogP) is 2.57. The maximum atomic E-state index is 12.7. The number of carbonyl (C=O) groups excluding carboxylic acids is 2. The number of methoxy groups -OCH3 is 1. The Morgan fingerprint density at radius 1 is 1.21 bits per heavy atom. The molecule has 1 amide bonds. The minimum absolute atomic E-state index is 0.335. The van der Waals surface area contributed by atoms with Gasteiger partial charge in [0.1, 0.15) is 6.04 Å². The third kappa shape index (κ3) is 4.29. The Labute approximate surface area is 145 Å². The molecule has 0 fully saturated rings. The van der Waals surface area contributed by atoms with Crippen molar-refractivity contribution >= 4 is 29.3 Å². The van der Waals surface area contributed by atoms with Gasteiger partial charge in [-0.2, -0.15) is 11.8 Å². The fourth-order valence-corrected chi connectivity index (χ4v) is 2.88. The highest BCUT2D eigenvalue weighted by molar-refractivity contribution is 7.98. The summed E-state index contributed by atoms with van der Waals surface area (Å²) in [5.74, 6) is -0.360. The van der Waals surface area contributed by atoms with Gasteiger partial charge in [0.25, 0.3) is 5.91 Å². The fourth-order valence-electron chi connectivity index (χ4n) is 2.33. The maximum Gasteiger partial charge on any atom is 0.329 e. The molecule has 1 atom stereocenters. The molecule has 0 aliphatic carbocycles. The van der Waals surface area contributed by atoms with Crippen molar-refractivity contribution in [2.75, 3.05) is 24.9 Å². The first kappa shape index (κ1) is 17.9. The summed E-state index contributed by atoms with van der Waals surface area (Å²) in [5, 5.41) is 2.74. The Hall–Kier alpha value is -2.47. The molecule has 0 aliphatic heterocycles. The van der Waals surface area contributed by atoms with Gasteiger partial charge in [-0.05, 0) is 35.6 Å². The Balaban J connectivity index is 2.34. The molecule has 0 spiro atoms. The molecule has 5 nitrogen and oxygen atoms in total. The first-order valence-electron chi connectivity index (χ1n) is 7.39. The zero-order chi connectivity index (χ0) is 17.5. The molecule has 126 valence electrons. The van der Waals surface area contributed by atoms with E-state index in [1.165, 1.54) is 18.9 Å². The summed E-state index contributed by atoms with van der Waals surface area (Å²) in [7, 11) is 1.31. The van der Waals surface area contributed by atoms with Gasteiger partial charge in [-0.15, -0.1) is 0 Å². The third-order valence-corrected chi connectivity index (χ3v) is 4.16. The smallest absolute Gasteiger partial charge is 0.329 e. The zero-order valence-electron chi connectivity index (χ0n) is 13.6. The van der Waals surface area contributed by atoms with Crippen molar-refractivity contribution in [3.63, 3.8) is 0 Å². The van der Waals surface area contributed by atoms with Gasteiger partial charge in [0, 0.05) is 17.0 Å². The first-order valence-corrected chi connectivity index (χ1v) is 8.78. The van der Waals surface area contributed by atoms with Gasteiger partial charge in [-0.3, -0.25) is 4.79 Å². The molecule has 0 aliphatic rings. The van der Waals surface area contributed by atoms with E-state index in [9.17, 15) is 9.59 Å². The molecule has 0 unspecified atom stereocenters. The Kier molecular flexibility index (Phi) is 6.26. The number of nitrogens with one attached hydrogen (secondary N) is 1. The molecular formula is C18H20N2O3S. The number of esters is 1. The topological polar surface area (TPSA) is 81.4 Å². The number of nitrogens with two attached hydrogens (primary N) is 1. The van der Waals surface area contributed by atoms with Gasteiger partial charge >= 0.3 is 5.97 Å². The number of hydrogen-bond acceptors (Lipinski definition) is 5. The maximum absolute atomic E-state index is 12.7. The van der Waals surface area contributed by atoms with Crippen LogP contribution in [0.25, 0.3) is 11.1 Å². The van der Waals surface area contributed by atoms with Crippen molar-refractivity contribution in [3.05, 3.63) is 54.1 Å². The summed E-state index contributed by atoms with van der Waals surface area (Å²) >= 11 is 1.46. The fraction of sp³-hybridized carbons (Fsp3) is 0.222. The molecule has 2 aromatic carbocycles. The SMILES string of the molecule is COC(=O)[C@@H](CSC)NC(=O)c1ccc(N)cc1-c1ccccc1. The van der Waals surface area contributed by atoms with Crippen LogP contribution in [0.2, 0.25) is 0 Å². The lowest BCUT2D eigenvalue weighted by Gasteiger charge is -2.17. The second kappa shape index (κ2) is 8.40. The number of ether oxygens (including phenoxy) is 1. The molecule has 0 radical (unpaired) electrons. The molecule has 6 heteroatoms. The summed E-state index contributed by atoms with van der Waals surface area (Å²) in [6.07, 6.45) is 1.86. The summed E-state index contributed by atoms with van der Waals surface area (Å²) in [6.45, 7) is 0. The van der Waals surface area contributed by atoms with Crippen LogP contribution in [-0.4, -0.2) is 37.0 Å². The van der Waals surface area contributed by atoms with Gasteiger partial charge in [-0.1, -0.05) is 30.3 Å². The van der Waals surface area contributed by atoms with E-state index in [0.29, 0.717) is 17.0 Å². The molecular weight excluding hydrogens is 324 g/mol. The lowest BCUT2D eigenvalue weighted by Crippen LogP contribution is -2.43. The van der Waals surface area contributed by atoms with Crippen LogP contribution in [0, 0.1) is 0 Å². The Morgan fingerprint density at radius 3 is 2.54 bits per heavy atom. The monoisotopic (exact) mass is 344 g/mol. The lowest BCUT2D eigenvalue weighted by molar-refractivity contribution is -0.142. The number of amides is 1. The van der Waals surface area contributed by atoms with Crippen LogP contribution in [-0.2, 0) is 9.53 Å². The summed E-state index contributed by atoms with van der Waals surface area (Å²) in [4.78, 5) is 24.5. The summed E-state index contributed by atoms with van der Waals surface area (Å²) in [6, 6.07) is 13.9. The lowest BCUT2D eigenvalue weighted by atomic mass is 9.98. The molecule has 3 N–H and O–H groups in total. The molecule has 0 heterocycles. The van der Waals surface area contributed by atoms with Gasteiger partial charge < -0.3 is 15.8 Å². The van der Waals surface area contributed by atoms with Crippen molar-refractivity contribution in [3.8, 4) is 11.1 Å². The second-order valence-electron chi connectivity index (χ2n) is 5.18. The van der Waals surface area contributed by atoms with Gasteiger partial charge in [0.15, 0.2) is 0 Å². The van der Waals surface area contributed by atoms with Crippen molar-refractivity contribution in [1.82, 2.24) is 5.32 Å². The van der Waals surface area contributed by atoms with E-state index < -0.39 is 12.0 Å².